The van der Waals surface area contributed by atoms with E-state index in [1.54, 1.807) is 31.2 Å². The molecule has 0 saturated heterocycles. The molecular weight excluding hydrogens is 294 g/mol. The molecule has 3 aromatic rings. The minimum Gasteiger partial charge on any atom is -0.438 e. The maximum absolute atomic E-state index is 11.5. The second kappa shape index (κ2) is 5.19. The monoisotopic (exact) mass is 305 g/mol. The number of nitrogens with two attached hydrogens (primary N) is 1. The van der Waals surface area contributed by atoms with Crippen molar-refractivity contribution in [1.29, 1.82) is 0 Å². The van der Waals surface area contributed by atoms with E-state index in [1.807, 2.05) is 0 Å². The molecule has 2 heterocycles. The molecule has 0 radical (unpaired) electrons. The number of nitrogens with zero attached hydrogens (tertiary/aromatic N) is 3. The Morgan fingerprint density at radius 1 is 1.43 bits per heavy atom. The van der Waals surface area contributed by atoms with Crippen LogP contribution in [0.15, 0.2) is 29.1 Å². The van der Waals surface area contributed by atoms with Crippen molar-refractivity contribution in [3.8, 4) is 11.6 Å². The summed E-state index contributed by atoms with van der Waals surface area (Å²) >= 11 is 5.97. The molecule has 0 aliphatic rings. The van der Waals surface area contributed by atoms with Crippen LogP contribution in [-0.2, 0) is 6.54 Å². The van der Waals surface area contributed by atoms with E-state index in [4.69, 9.17) is 22.1 Å². The standard InChI is InChI=1S/C13H12ClN5O2/c1-7-16-12(5-11-17-18-13(20)19(7)11)21-10-4-9(14)3-2-8(10)6-15/h2-5H,6,15H2,1H3,(H,18,20). The van der Waals surface area contributed by atoms with Crippen LogP contribution in [0.5, 0.6) is 11.6 Å². The molecule has 0 aliphatic heterocycles. The van der Waals surface area contributed by atoms with Gasteiger partial charge < -0.3 is 10.5 Å². The van der Waals surface area contributed by atoms with Crippen molar-refractivity contribution in [2.75, 3.05) is 0 Å². The molecule has 3 rings (SSSR count). The second-order valence-electron chi connectivity index (χ2n) is 4.42. The zero-order valence-corrected chi connectivity index (χ0v) is 11.9. The predicted octanol–water partition coefficient (Wildman–Crippen LogP) is 1.63. The van der Waals surface area contributed by atoms with E-state index in [-0.39, 0.29) is 5.69 Å². The van der Waals surface area contributed by atoms with Crippen LogP contribution < -0.4 is 16.2 Å². The van der Waals surface area contributed by atoms with Gasteiger partial charge in [0, 0.05) is 23.2 Å². The summed E-state index contributed by atoms with van der Waals surface area (Å²) in [6.45, 7) is 2.01. The third-order valence-electron chi connectivity index (χ3n) is 3.01. The lowest BCUT2D eigenvalue weighted by Gasteiger charge is -2.10. The SMILES string of the molecule is Cc1nc(Oc2cc(Cl)ccc2CN)cc2n[nH]c(=O)n12. The van der Waals surface area contributed by atoms with Gasteiger partial charge in [-0.1, -0.05) is 17.7 Å². The number of H-pyrrole nitrogens is 1. The van der Waals surface area contributed by atoms with E-state index < -0.39 is 0 Å². The van der Waals surface area contributed by atoms with E-state index in [2.05, 4.69) is 15.2 Å². The number of aromatic amines is 1. The molecule has 0 unspecified atom stereocenters. The lowest BCUT2D eigenvalue weighted by atomic mass is 10.2. The summed E-state index contributed by atoms with van der Waals surface area (Å²) < 4.78 is 7.09. The van der Waals surface area contributed by atoms with Crippen molar-refractivity contribution in [3.63, 3.8) is 0 Å². The Bertz CT molecular complexity index is 871. The van der Waals surface area contributed by atoms with Crippen molar-refractivity contribution < 1.29 is 4.74 Å². The molecule has 3 N–H and O–H groups in total. The van der Waals surface area contributed by atoms with Crippen molar-refractivity contribution in [1.82, 2.24) is 19.6 Å². The van der Waals surface area contributed by atoms with Crippen molar-refractivity contribution in [3.05, 3.63) is 51.2 Å². The first-order chi connectivity index (χ1) is 10.1. The molecule has 0 fully saturated rings. The fraction of sp³-hybridized carbons (Fsp3) is 0.154. The van der Waals surface area contributed by atoms with E-state index in [0.717, 1.165) is 5.56 Å². The van der Waals surface area contributed by atoms with Gasteiger partial charge in [0.15, 0.2) is 5.65 Å². The number of halogens is 1. The van der Waals surface area contributed by atoms with Crippen LogP contribution in [0.4, 0.5) is 0 Å². The summed E-state index contributed by atoms with van der Waals surface area (Å²) in [5.74, 6) is 1.31. The summed E-state index contributed by atoms with van der Waals surface area (Å²) in [5, 5.41) is 6.80. The first-order valence-corrected chi connectivity index (χ1v) is 6.57. The van der Waals surface area contributed by atoms with E-state index in [0.29, 0.717) is 34.7 Å². The van der Waals surface area contributed by atoms with Gasteiger partial charge in [-0.15, -0.1) is 0 Å². The largest absolute Gasteiger partial charge is 0.438 e. The molecular formula is C13H12ClN5O2. The highest BCUT2D eigenvalue weighted by molar-refractivity contribution is 6.30. The normalized spacial score (nSPS) is 11.0. The van der Waals surface area contributed by atoms with Gasteiger partial charge >= 0.3 is 5.69 Å². The number of aromatic nitrogens is 4. The highest BCUT2D eigenvalue weighted by Crippen LogP contribution is 2.27. The molecule has 21 heavy (non-hydrogen) atoms. The minimum atomic E-state index is -0.341. The molecule has 0 spiro atoms. The van der Waals surface area contributed by atoms with Crippen LogP contribution >= 0.6 is 11.6 Å². The number of hydrogen-bond donors (Lipinski definition) is 2. The molecule has 7 nitrogen and oxygen atoms in total. The summed E-state index contributed by atoms with van der Waals surface area (Å²) in [6, 6.07) is 6.77. The van der Waals surface area contributed by atoms with E-state index >= 15 is 0 Å². The predicted molar refractivity (Wildman–Crippen MR) is 77.8 cm³/mol. The Balaban J connectivity index is 2.06. The molecule has 0 bridgehead atoms. The van der Waals surface area contributed by atoms with Gasteiger partial charge in [-0.25, -0.2) is 14.3 Å². The molecule has 8 heteroatoms. The first-order valence-electron chi connectivity index (χ1n) is 6.19. The molecule has 0 saturated carbocycles. The quantitative estimate of drug-likeness (QED) is 0.766. The van der Waals surface area contributed by atoms with Crippen molar-refractivity contribution in [2.24, 2.45) is 5.73 Å². The van der Waals surface area contributed by atoms with Crippen LogP contribution in [0.1, 0.15) is 11.4 Å². The van der Waals surface area contributed by atoms with Gasteiger partial charge in [-0.05, 0) is 19.1 Å². The van der Waals surface area contributed by atoms with Crippen LogP contribution in [-0.4, -0.2) is 19.6 Å². The maximum Gasteiger partial charge on any atom is 0.349 e. The fourth-order valence-corrected chi connectivity index (χ4v) is 2.19. The van der Waals surface area contributed by atoms with Crippen LogP contribution in [0.3, 0.4) is 0 Å². The number of nitrogens with one attached hydrogen (secondary N) is 1. The minimum absolute atomic E-state index is 0.315. The summed E-state index contributed by atoms with van der Waals surface area (Å²) in [7, 11) is 0. The fourth-order valence-electron chi connectivity index (χ4n) is 2.03. The smallest absolute Gasteiger partial charge is 0.349 e. The average molecular weight is 306 g/mol. The van der Waals surface area contributed by atoms with Crippen molar-refractivity contribution >= 4 is 17.2 Å². The Labute approximate surface area is 124 Å². The van der Waals surface area contributed by atoms with E-state index in [1.165, 1.54) is 4.40 Å². The third-order valence-corrected chi connectivity index (χ3v) is 3.25. The molecule has 0 atom stereocenters. The molecule has 108 valence electrons. The first kappa shape index (κ1) is 13.6. The molecule has 0 amide bonds. The number of rotatable bonds is 3. The number of benzene rings is 1. The van der Waals surface area contributed by atoms with E-state index in [9.17, 15) is 4.79 Å². The van der Waals surface area contributed by atoms with Gasteiger partial charge in [0.05, 0.1) is 0 Å². The van der Waals surface area contributed by atoms with Gasteiger partial charge in [-0.3, -0.25) is 0 Å². The second-order valence-corrected chi connectivity index (χ2v) is 4.86. The number of aryl methyl sites for hydroxylation is 1. The summed E-state index contributed by atoms with van der Waals surface area (Å²) in [4.78, 5) is 15.8. The van der Waals surface area contributed by atoms with Gasteiger partial charge in [0.2, 0.25) is 5.88 Å². The number of fused-ring (bicyclic) bond motifs is 1. The maximum atomic E-state index is 11.5. The Morgan fingerprint density at radius 2 is 2.24 bits per heavy atom. The molecule has 2 aromatic heterocycles. The molecule has 0 aliphatic carbocycles. The van der Waals surface area contributed by atoms with Crippen LogP contribution in [0.2, 0.25) is 5.02 Å². The van der Waals surface area contributed by atoms with Gasteiger partial charge in [-0.2, -0.15) is 10.1 Å². The van der Waals surface area contributed by atoms with Gasteiger partial charge in [0.25, 0.3) is 0 Å². The van der Waals surface area contributed by atoms with Gasteiger partial charge in [0.1, 0.15) is 11.6 Å². The van der Waals surface area contributed by atoms with Crippen LogP contribution in [0.25, 0.3) is 5.65 Å². The Kier molecular flexibility index (Phi) is 3.36. The topological polar surface area (TPSA) is 98.3 Å². The zero-order valence-electron chi connectivity index (χ0n) is 11.1. The third kappa shape index (κ3) is 2.48. The van der Waals surface area contributed by atoms with Crippen LogP contribution in [0, 0.1) is 6.92 Å². The summed E-state index contributed by atoms with van der Waals surface area (Å²) in [6.07, 6.45) is 0. The lowest BCUT2D eigenvalue weighted by molar-refractivity contribution is 0.454. The Morgan fingerprint density at radius 3 is 3.00 bits per heavy atom. The average Bonchev–Trinajstić information content (AvgIpc) is 2.81. The number of ether oxygens (including phenoxy) is 1. The lowest BCUT2D eigenvalue weighted by Crippen LogP contribution is -2.13. The Hall–Kier alpha value is -2.38. The number of hydrogen-bond acceptors (Lipinski definition) is 5. The molecule has 1 aromatic carbocycles. The highest BCUT2D eigenvalue weighted by Gasteiger charge is 2.10. The zero-order chi connectivity index (χ0) is 15.0. The summed E-state index contributed by atoms with van der Waals surface area (Å²) in [5.41, 5.74) is 6.56. The highest BCUT2D eigenvalue weighted by atomic mass is 35.5. The van der Waals surface area contributed by atoms with Crippen molar-refractivity contribution in [2.45, 2.75) is 13.5 Å².